The van der Waals surface area contributed by atoms with Crippen molar-refractivity contribution in [3.63, 3.8) is 0 Å². The Morgan fingerprint density at radius 2 is 1.89 bits per heavy atom. The molecule has 1 fully saturated rings. The summed E-state index contributed by atoms with van der Waals surface area (Å²) in [5, 5.41) is 9.42. The molecule has 106 valence electrons. The molecule has 1 aliphatic heterocycles. The van der Waals surface area contributed by atoms with Crippen LogP contribution < -0.4 is 0 Å². The van der Waals surface area contributed by atoms with E-state index >= 15 is 0 Å². The van der Waals surface area contributed by atoms with Gasteiger partial charge >= 0.3 is 0 Å². The van der Waals surface area contributed by atoms with E-state index in [2.05, 4.69) is 0 Å². The number of hydrogen-bond acceptors (Lipinski definition) is 3. The van der Waals surface area contributed by atoms with Gasteiger partial charge in [0.25, 0.3) is 0 Å². The lowest BCUT2D eigenvalue weighted by atomic mass is 9.91. The van der Waals surface area contributed by atoms with Gasteiger partial charge in [0.15, 0.2) is 0 Å². The molecule has 1 atom stereocenters. The fourth-order valence-electron chi connectivity index (χ4n) is 2.64. The predicted octanol–water partition coefficient (Wildman–Crippen LogP) is 1.78. The van der Waals surface area contributed by atoms with Crippen LogP contribution >= 0.6 is 0 Å². The molecule has 1 heterocycles. The largest absolute Gasteiger partial charge is 0.395 e. The molecular formula is C14H21NO3S. The lowest BCUT2D eigenvalue weighted by Gasteiger charge is -2.23. The minimum atomic E-state index is -3.51. The van der Waals surface area contributed by atoms with E-state index in [1.165, 1.54) is 4.31 Å². The normalized spacial score (nSPS) is 23.7. The topological polar surface area (TPSA) is 57.6 Å². The van der Waals surface area contributed by atoms with Crippen LogP contribution in [0.1, 0.15) is 25.8 Å². The summed E-state index contributed by atoms with van der Waals surface area (Å²) in [5.74, 6) is 0. The Labute approximate surface area is 115 Å². The van der Waals surface area contributed by atoms with Gasteiger partial charge in [0.05, 0.1) is 11.5 Å². The Hall–Kier alpha value is -0.910. The molecule has 19 heavy (non-hydrogen) atoms. The Bertz CT molecular complexity index is 549. The maximum atomic E-state index is 12.6. The summed E-state index contributed by atoms with van der Waals surface area (Å²) < 4.78 is 26.7. The van der Waals surface area contributed by atoms with Gasteiger partial charge in [-0.05, 0) is 30.9 Å². The minimum absolute atomic E-state index is 0.0921. The molecule has 1 saturated heterocycles. The summed E-state index contributed by atoms with van der Waals surface area (Å²) in [6, 6.07) is 6.53. The molecule has 0 unspecified atom stereocenters. The van der Waals surface area contributed by atoms with Crippen LogP contribution in [-0.4, -0.2) is 37.0 Å². The molecule has 2 rings (SSSR count). The smallest absolute Gasteiger partial charge is 0.243 e. The number of benzene rings is 1. The lowest BCUT2D eigenvalue weighted by Crippen LogP contribution is -2.38. The van der Waals surface area contributed by atoms with E-state index in [1.807, 2.05) is 20.8 Å². The van der Waals surface area contributed by atoms with Crippen molar-refractivity contribution in [2.24, 2.45) is 5.41 Å². The summed E-state index contributed by atoms with van der Waals surface area (Å²) in [6.45, 7) is 6.30. The predicted molar refractivity (Wildman–Crippen MR) is 74.3 cm³/mol. The third-order valence-corrected chi connectivity index (χ3v) is 5.53. The first kappa shape index (κ1) is 14.5. The Kier molecular flexibility index (Phi) is 3.73. The fraction of sp³-hybridized carbons (Fsp3) is 0.571. The first-order valence-electron chi connectivity index (χ1n) is 6.46. The quantitative estimate of drug-likeness (QED) is 0.920. The van der Waals surface area contributed by atoms with Crippen LogP contribution in [0.15, 0.2) is 29.2 Å². The highest BCUT2D eigenvalue weighted by atomic mass is 32.2. The van der Waals surface area contributed by atoms with Crippen molar-refractivity contribution in [1.82, 2.24) is 4.31 Å². The second-order valence-electron chi connectivity index (χ2n) is 6.07. The summed E-state index contributed by atoms with van der Waals surface area (Å²) >= 11 is 0. The standard InChI is InChI=1S/C14H21NO3S/c1-11-4-6-13(7-5-11)19(17,18)15-10-14(2,3)8-12(15)9-16/h4-7,12,16H,8-10H2,1-3H3/t12-/m0/s1. The van der Waals surface area contributed by atoms with Gasteiger partial charge in [-0.15, -0.1) is 0 Å². The van der Waals surface area contributed by atoms with Crippen LogP contribution in [0, 0.1) is 12.3 Å². The minimum Gasteiger partial charge on any atom is -0.395 e. The second-order valence-corrected chi connectivity index (χ2v) is 7.96. The maximum absolute atomic E-state index is 12.6. The van der Waals surface area contributed by atoms with Crippen molar-refractivity contribution in [2.45, 2.75) is 38.1 Å². The number of aliphatic hydroxyl groups is 1. The summed E-state index contributed by atoms with van der Waals surface area (Å²) in [4.78, 5) is 0.300. The summed E-state index contributed by atoms with van der Waals surface area (Å²) in [5.41, 5.74) is 0.935. The number of sulfonamides is 1. The monoisotopic (exact) mass is 283 g/mol. The molecular weight excluding hydrogens is 262 g/mol. The lowest BCUT2D eigenvalue weighted by molar-refractivity contribution is 0.212. The average Bonchev–Trinajstić information content (AvgIpc) is 2.66. The molecule has 1 aromatic rings. The van der Waals surface area contributed by atoms with Gasteiger partial charge < -0.3 is 5.11 Å². The van der Waals surface area contributed by atoms with Gasteiger partial charge in [-0.2, -0.15) is 4.31 Å². The molecule has 4 nitrogen and oxygen atoms in total. The van der Waals surface area contributed by atoms with Gasteiger partial charge in [0.1, 0.15) is 0 Å². The zero-order valence-electron chi connectivity index (χ0n) is 11.6. The highest BCUT2D eigenvalue weighted by Gasteiger charge is 2.43. The van der Waals surface area contributed by atoms with Gasteiger partial charge in [-0.25, -0.2) is 8.42 Å². The van der Waals surface area contributed by atoms with E-state index in [0.717, 1.165) is 5.56 Å². The first-order valence-corrected chi connectivity index (χ1v) is 7.90. The number of hydrogen-bond donors (Lipinski definition) is 1. The number of nitrogens with zero attached hydrogens (tertiary/aromatic N) is 1. The van der Waals surface area contributed by atoms with Crippen LogP contribution in [0.25, 0.3) is 0 Å². The Morgan fingerprint density at radius 3 is 2.42 bits per heavy atom. The van der Waals surface area contributed by atoms with Crippen LogP contribution in [0.2, 0.25) is 0 Å². The molecule has 0 aliphatic carbocycles. The van der Waals surface area contributed by atoms with E-state index in [1.54, 1.807) is 24.3 Å². The molecule has 0 spiro atoms. The van der Waals surface area contributed by atoms with E-state index in [9.17, 15) is 13.5 Å². The van der Waals surface area contributed by atoms with Crippen molar-refractivity contribution in [3.8, 4) is 0 Å². The molecule has 1 N–H and O–H groups in total. The summed E-state index contributed by atoms with van der Waals surface area (Å²) in [7, 11) is -3.51. The zero-order valence-corrected chi connectivity index (χ0v) is 12.4. The number of aliphatic hydroxyl groups excluding tert-OH is 1. The maximum Gasteiger partial charge on any atom is 0.243 e. The van der Waals surface area contributed by atoms with Crippen LogP contribution in [0.4, 0.5) is 0 Å². The van der Waals surface area contributed by atoms with Gasteiger partial charge in [-0.3, -0.25) is 0 Å². The summed E-state index contributed by atoms with van der Waals surface area (Å²) in [6.07, 6.45) is 0.689. The molecule has 0 amide bonds. The third kappa shape index (κ3) is 2.83. The number of rotatable bonds is 3. The van der Waals surface area contributed by atoms with Crippen LogP contribution in [-0.2, 0) is 10.0 Å². The zero-order chi connectivity index (χ0) is 14.3. The second kappa shape index (κ2) is 4.89. The van der Waals surface area contributed by atoms with Crippen LogP contribution in [0.3, 0.4) is 0 Å². The Balaban J connectivity index is 2.36. The van der Waals surface area contributed by atoms with Crippen molar-refractivity contribution in [3.05, 3.63) is 29.8 Å². The molecule has 0 bridgehead atoms. The fourth-order valence-corrected chi connectivity index (χ4v) is 4.44. The van der Waals surface area contributed by atoms with E-state index in [-0.39, 0.29) is 18.1 Å². The van der Waals surface area contributed by atoms with Crippen LogP contribution in [0.5, 0.6) is 0 Å². The molecule has 0 radical (unpaired) electrons. The van der Waals surface area contributed by atoms with Crippen molar-refractivity contribution in [2.75, 3.05) is 13.2 Å². The molecule has 1 aromatic carbocycles. The van der Waals surface area contributed by atoms with Gasteiger partial charge in [0, 0.05) is 12.6 Å². The SMILES string of the molecule is Cc1ccc(S(=O)(=O)N2CC(C)(C)C[C@H]2CO)cc1. The molecule has 5 heteroatoms. The van der Waals surface area contributed by atoms with E-state index in [4.69, 9.17) is 0 Å². The highest BCUT2D eigenvalue weighted by Crippen LogP contribution is 2.37. The molecule has 0 aromatic heterocycles. The van der Waals surface area contributed by atoms with Crippen molar-refractivity contribution in [1.29, 1.82) is 0 Å². The first-order chi connectivity index (χ1) is 8.76. The molecule has 0 saturated carbocycles. The van der Waals surface area contributed by atoms with Crippen molar-refractivity contribution < 1.29 is 13.5 Å². The Morgan fingerprint density at radius 1 is 1.32 bits per heavy atom. The van der Waals surface area contributed by atoms with E-state index in [0.29, 0.717) is 17.9 Å². The highest BCUT2D eigenvalue weighted by molar-refractivity contribution is 7.89. The molecule has 1 aliphatic rings. The van der Waals surface area contributed by atoms with Gasteiger partial charge in [0.2, 0.25) is 10.0 Å². The average molecular weight is 283 g/mol. The number of aryl methyl sites for hydroxylation is 1. The van der Waals surface area contributed by atoms with Crippen molar-refractivity contribution >= 4 is 10.0 Å². The third-order valence-electron chi connectivity index (χ3n) is 3.62. The van der Waals surface area contributed by atoms with E-state index < -0.39 is 10.0 Å². The van der Waals surface area contributed by atoms with Gasteiger partial charge in [-0.1, -0.05) is 31.5 Å².